The topological polar surface area (TPSA) is 46.2 Å². The van der Waals surface area contributed by atoms with Crippen molar-refractivity contribution in [2.75, 3.05) is 11.2 Å². The predicted octanol–water partition coefficient (Wildman–Crippen LogP) is 3.14. The fourth-order valence-electron chi connectivity index (χ4n) is 2.07. The zero-order valence-corrected chi connectivity index (χ0v) is 11.2. The number of fused-ring (bicyclic) bond motifs is 1. The lowest BCUT2D eigenvalue weighted by molar-refractivity contribution is -0.116. The number of hydrogen-bond acceptors (Lipinski definition) is 3. The molecule has 2 rings (SSSR count). The Bertz CT molecular complexity index is 467. The molecule has 0 saturated carbocycles. The number of anilines is 1. The van der Waals surface area contributed by atoms with Gasteiger partial charge in [0.2, 0.25) is 5.91 Å². The minimum Gasteiger partial charge on any atom is -0.324 e. The lowest BCUT2D eigenvalue weighted by Gasteiger charge is -2.05. The van der Waals surface area contributed by atoms with E-state index in [-0.39, 0.29) is 11.7 Å². The van der Waals surface area contributed by atoms with E-state index in [9.17, 15) is 9.59 Å². The van der Waals surface area contributed by atoms with E-state index in [0.29, 0.717) is 24.3 Å². The molecule has 1 aliphatic heterocycles. The number of alkyl halides is 1. The van der Waals surface area contributed by atoms with Gasteiger partial charge >= 0.3 is 0 Å². The van der Waals surface area contributed by atoms with Crippen LogP contribution in [0.5, 0.6) is 0 Å². The zero-order chi connectivity index (χ0) is 12.4. The predicted molar refractivity (Wildman–Crippen MR) is 70.3 cm³/mol. The van der Waals surface area contributed by atoms with Crippen molar-refractivity contribution < 1.29 is 9.59 Å². The van der Waals surface area contributed by atoms with Gasteiger partial charge in [0.1, 0.15) is 0 Å². The third-order valence-corrected chi connectivity index (χ3v) is 4.18. The average Bonchev–Trinajstić information content (AvgIpc) is 2.44. The zero-order valence-electron chi connectivity index (χ0n) is 9.64. The van der Waals surface area contributed by atoms with Crippen LogP contribution in [0, 0.1) is 6.92 Å². The van der Waals surface area contributed by atoms with Gasteiger partial charge in [-0.1, -0.05) is 0 Å². The Hall–Kier alpha value is -0.870. The van der Waals surface area contributed by atoms with Gasteiger partial charge in [-0.05, 0) is 19.8 Å². The van der Waals surface area contributed by atoms with Crippen molar-refractivity contribution in [2.24, 2.45) is 0 Å². The van der Waals surface area contributed by atoms with Crippen LogP contribution in [0.3, 0.4) is 0 Å². The van der Waals surface area contributed by atoms with Gasteiger partial charge in [0, 0.05) is 28.5 Å². The number of thiophene rings is 1. The first-order chi connectivity index (χ1) is 8.13. The summed E-state index contributed by atoms with van der Waals surface area (Å²) in [7, 11) is 0. The molecule has 0 spiro atoms. The fourth-order valence-corrected chi connectivity index (χ4v) is 3.43. The summed E-state index contributed by atoms with van der Waals surface area (Å²) in [5.41, 5.74) is 1.41. The SMILES string of the molecule is Cc1sc2c(c1C(=O)CCCl)NC(=O)CCC2. The molecular formula is C12H14ClNO2S. The highest BCUT2D eigenvalue weighted by molar-refractivity contribution is 7.13. The monoisotopic (exact) mass is 271 g/mol. The lowest BCUT2D eigenvalue weighted by atomic mass is 10.1. The van der Waals surface area contributed by atoms with Crippen molar-refractivity contribution in [2.45, 2.75) is 32.6 Å². The Kier molecular flexibility index (Phi) is 3.84. The fraction of sp³-hybridized carbons (Fsp3) is 0.500. The van der Waals surface area contributed by atoms with E-state index in [1.165, 1.54) is 0 Å². The summed E-state index contributed by atoms with van der Waals surface area (Å²) < 4.78 is 0. The van der Waals surface area contributed by atoms with Crippen molar-refractivity contribution in [3.63, 3.8) is 0 Å². The van der Waals surface area contributed by atoms with E-state index in [0.717, 1.165) is 28.3 Å². The van der Waals surface area contributed by atoms with Crippen LogP contribution >= 0.6 is 22.9 Å². The number of hydrogen-bond donors (Lipinski definition) is 1. The van der Waals surface area contributed by atoms with Gasteiger partial charge in [0.15, 0.2) is 5.78 Å². The van der Waals surface area contributed by atoms with Crippen LogP contribution in [0.25, 0.3) is 0 Å². The molecule has 1 aromatic rings. The molecule has 1 aliphatic rings. The summed E-state index contributed by atoms with van der Waals surface area (Å²) in [6.45, 7) is 1.92. The highest BCUT2D eigenvalue weighted by Crippen LogP contribution is 2.36. The second kappa shape index (κ2) is 5.19. The van der Waals surface area contributed by atoms with Gasteiger partial charge in [-0.25, -0.2) is 0 Å². The first kappa shape index (κ1) is 12.6. The van der Waals surface area contributed by atoms with Crippen LogP contribution in [-0.4, -0.2) is 17.6 Å². The summed E-state index contributed by atoms with van der Waals surface area (Å²) in [5.74, 6) is 0.343. The van der Waals surface area contributed by atoms with Crippen LogP contribution in [0.15, 0.2) is 0 Å². The molecule has 0 radical (unpaired) electrons. The van der Waals surface area contributed by atoms with Crippen LogP contribution < -0.4 is 5.32 Å². The molecule has 0 aromatic carbocycles. The van der Waals surface area contributed by atoms with E-state index < -0.39 is 0 Å². The van der Waals surface area contributed by atoms with Crippen LogP contribution in [0.4, 0.5) is 5.69 Å². The number of aryl methyl sites for hydroxylation is 2. The Morgan fingerprint density at radius 2 is 2.24 bits per heavy atom. The van der Waals surface area contributed by atoms with Crippen molar-refractivity contribution in [1.29, 1.82) is 0 Å². The van der Waals surface area contributed by atoms with E-state index in [2.05, 4.69) is 5.32 Å². The molecule has 1 aromatic heterocycles. The largest absolute Gasteiger partial charge is 0.324 e. The van der Waals surface area contributed by atoms with Gasteiger partial charge in [-0.15, -0.1) is 22.9 Å². The van der Waals surface area contributed by atoms with Crippen molar-refractivity contribution in [3.8, 4) is 0 Å². The van der Waals surface area contributed by atoms with Gasteiger partial charge in [-0.2, -0.15) is 0 Å². The number of rotatable bonds is 3. The Morgan fingerprint density at radius 1 is 1.47 bits per heavy atom. The maximum atomic E-state index is 12.0. The summed E-state index contributed by atoms with van der Waals surface area (Å²) in [5, 5.41) is 2.86. The second-order valence-electron chi connectivity index (χ2n) is 4.10. The summed E-state index contributed by atoms with van der Waals surface area (Å²) in [6, 6.07) is 0. The Balaban J connectivity index is 2.42. The summed E-state index contributed by atoms with van der Waals surface area (Å²) in [4.78, 5) is 25.6. The third kappa shape index (κ3) is 2.53. The van der Waals surface area contributed by atoms with E-state index in [1.54, 1.807) is 11.3 Å². The molecule has 0 unspecified atom stereocenters. The van der Waals surface area contributed by atoms with Crippen LogP contribution in [0.1, 0.15) is 39.4 Å². The van der Waals surface area contributed by atoms with Crippen molar-refractivity contribution in [3.05, 3.63) is 15.3 Å². The lowest BCUT2D eigenvalue weighted by Crippen LogP contribution is -2.12. The van der Waals surface area contributed by atoms with Gasteiger partial charge < -0.3 is 5.32 Å². The normalized spacial score (nSPS) is 15.1. The van der Waals surface area contributed by atoms with Gasteiger partial charge in [0.25, 0.3) is 0 Å². The number of halogens is 1. The number of ketones is 1. The molecule has 2 heterocycles. The van der Waals surface area contributed by atoms with Gasteiger partial charge in [0.05, 0.1) is 11.3 Å². The quantitative estimate of drug-likeness (QED) is 0.678. The maximum absolute atomic E-state index is 12.0. The van der Waals surface area contributed by atoms with Crippen LogP contribution in [-0.2, 0) is 11.2 Å². The molecule has 0 bridgehead atoms. The van der Waals surface area contributed by atoms with E-state index in [1.807, 2.05) is 6.92 Å². The molecule has 1 amide bonds. The number of amides is 1. The number of Topliss-reactive ketones (excluding diaryl/α,β-unsaturated/α-hetero) is 1. The molecule has 5 heteroatoms. The molecule has 0 atom stereocenters. The minimum absolute atomic E-state index is 0.00136. The number of carbonyl (C=O) groups is 2. The molecule has 0 aliphatic carbocycles. The van der Waals surface area contributed by atoms with E-state index >= 15 is 0 Å². The molecular weight excluding hydrogens is 258 g/mol. The molecule has 0 saturated heterocycles. The maximum Gasteiger partial charge on any atom is 0.224 e. The summed E-state index contributed by atoms with van der Waals surface area (Å²) in [6.07, 6.45) is 2.57. The molecule has 1 N–H and O–H groups in total. The second-order valence-corrected chi connectivity index (χ2v) is 5.78. The molecule has 17 heavy (non-hydrogen) atoms. The Morgan fingerprint density at radius 3 is 2.94 bits per heavy atom. The minimum atomic E-state index is 0.00136. The number of nitrogens with one attached hydrogen (secondary N) is 1. The molecule has 0 fully saturated rings. The highest BCUT2D eigenvalue weighted by atomic mass is 35.5. The first-order valence-corrected chi connectivity index (χ1v) is 7.00. The Labute approximate surface area is 109 Å². The van der Waals surface area contributed by atoms with E-state index in [4.69, 9.17) is 11.6 Å². The average molecular weight is 272 g/mol. The van der Waals surface area contributed by atoms with Crippen LogP contribution in [0.2, 0.25) is 0 Å². The van der Waals surface area contributed by atoms with Crippen molar-refractivity contribution in [1.82, 2.24) is 0 Å². The van der Waals surface area contributed by atoms with Gasteiger partial charge in [-0.3, -0.25) is 9.59 Å². The smallest absolute Gasteiger partial charge is 0.224 e. The summed E-state index contributed by atoms with van der Waals surface area (Å²) >= 11 is 7.21. The highest BCUT2D eigenvalue weighted by Gasteiger charge is 2.24. The van der Waals surface area contributed by atoms with Crippen molar-refractivity contribution >= 4 is 40.3 Å². The molecule has 3 nitrogen and oxygen atoms in total. The first-order valence-electron chi connectivity index (χ1n) is 5.64. The molecule has 92 valence electrons. The number of carbonyl (C=O) groups excluding carboxylic acids is 2. The third-order valence-electron chi connectivity index (χ3n) is 2.83. The standard InChI is InChI=1S/C12H14ClNO2S/c1-7-11(8(15)5-6-13)12-9(17-7)3-2-4-10(16)14-12/h2-6H2,1H3,(H,14,16).